The molecule has 0 spiro atoms. The van der Waals surface area contributed by atoms with Crippen LogP contribution in [0, 0.1) is 6.92 Å². The zero-order valence-electron chi connectivity index (χ0n) is 11.8. The molecule has 1 aliphatic heterocycles. The molecule has 6 heteroatoms. The van der Waals surface area contributed by atoms with E-state index in [4.69, 9.17) is 0 Å². The van der Waals surface area contributed by atoms with E-state index in [9.17, 15) is 13.2 Å². The maximum absolute atomic E-state index is 12.3. The van der Waals surface area contributed by atoms with Crippen molar-refractivity contribution in [3.63, 3.8) is 0 Å². The molecule has 1 saturated heterocycles. The van der Waals surface area contributed by atoms with Crippen molar-refractivity contribution in [2.24, 2.45) is 0 Å². The van der Waals surface area contributed by atoms with Crippen molar-refractivity contribution in [2.45, 2.75) is 44.9 Å². The van der Waals surface area contributed by atoms with Crippen molar-refractivity contribution in [3.05, 3.63) is 21.9 Å². The highest BCUT2D eigenvalue weighted by molar-refractivity contribution is 7.12. The summed E-state index contributed by atoms with van der Waals surface area (Å²) in [7, 11) is 0. The highest BCUT2D eigenvalue weighted by Crippen LogP contribution is 2.25. The van der Waals surface area contributed by atoms with Gasteiger partial charge in [-0.1, -0.05) is 0 Å². The summed E-state index contributed by atoms with van der Waals surface area (Å²) in [5, 5.41) is 3.53. The number of thiophene rings is 1. The number of alkyl halides is 3. The van der Waals surface area contributed by atoms with Gasteiger partial charge in [-0.3, -0.25) is 4.90 Å². The summed E-state index contributed by atoms with van der Waals surface area (Å²) in [5.74, 6) is 0. The maximum Gasteiger partial charge on any atom is 0.401 e. The second-order valence-electron chi connectivity index (χ2n) is 5.50. The number of rotatable bonds is 4. The van der Waals surface area contributed by atoms with Crippen LogP contribution in [0.3, 0.4) is 0 Å². The van der Waals surface area contributed by atoms with E-state index in [-0.39, 0.29) is 6.04 Å². The summed E-state index contributed by atoms with van der Waals surface area (Å²) in [6.07, 6.45) is -2.52. The first-order chi connectivity index (χ1) is 9.33. The third-order valence-electron chi connectivity index (χ3n) is 3.66. The Hall–Kier alpha value is -0.590. The number of aryl methyl sites for hydroxylation is 1. The largest absolute Gasteiger partial charge is 0.401 e. The van der Waals surface area contributed by atoms with Crippen LogP contribution in [0.4, 0.5) is 13.2 Å². The fourth-order valence-corrected chi connectivity index (χ4v) is 3.52. The normalized spacial score (nSPS) is 20.2. The van der Waals surface area contributed by atoms with Crippen LogP contribution in [0.25, 0.3) is 0 Å². The minimum atomic E-state index is -4.08. The van der Waals surface area contributed by atoms with Crippen LogP contribution in [-0.2, 0) is 0 Å². The summed E-state index contributed by atoms with van der Waals surface area (Å²) in [6, 6.07) is 4.81. The van der Waals surface area contributed by atoms with Crippen molar-refractivity contribution in [1.82, 2.24) is 10.2 Å². The average Bonchev–Trinajstić information content (AvgIpc) is 2.77. The molecule has 1 aromatic rings. The Morgan fingerprint density at radius 3 is 2.50 bits per heavy atom. The first-order valence-electron chi connectivity index (χ1n) is 6.95. The topological polar surface area (TPSA) is 15.3 Å². The van der Waals surface area contributed by atoms with Gasteiger partial charge in [0.05, 0.1) is 6.54 Å². The van der Waals surface area contributed by atoms with Crippen molar-refractivity contribution < 1.29 is 13.2 Å². The second-order valence-corrected chi connectivity index (χ2v) is 6.82. The van der Waals surface area contributed by atoms with Gasteiger partial charge in [-0.25, -0.2) is 0 Å². The summed E-state index contributed by atoms with van der Waals surface area (Å²) >= 11 is 1.77. The molecule has 2 nitrogen and oxygen atoms in total. The Balaban J connectivity index is 1.77. The molecule has 1 aromatic heterocycles. The number of likely N-dealkylation sites (tertiary alicyclic amines) is 1. The van der Waals surface area contributed by atoms with E-state index in [0.717, 1.165) is 12.8 Å². The smallest absolute Gasteiger partial charge is 0.307 e. The van der Waals surface area contributed by atoms with Crippen LogP contribution < -0.4 is 5.32 Å². The zero-order chi connectivity index (χ0) is 14.8. The number of hydrogen-bond donors (Lipinski definition) is 1. The molecule has 0 aromatic carbocycles. The monoisotopic (exact) mass is 306 g/mol. The van der Waals surface area contributed by atoms with E-state index in [0.29, 0.717) is 19.1 Å². The quantitative estimate of drug-likeness (QED) is 0.912. The van der Waals surface area contributed by atoms with Crippen molar-refractivity contribution in [2.75, 3.05) is 19.6 Å². The lowest BCUT2D eigenvalue weighted by atomic mass is 10.0. The molecule has 0 radical (unpaired) electrons. The van der Waals surface area contributed by atoms with E-state index in [2.05, 4.69) is 31.3 Å². The number of nitrogens with zero attached hydrogens (tertiary/aromatic N) is 1. The molecule has 20 heavy (non-hydrogen) atoms. The van der Waals surface area contributed by atoms with Gasteiger partial charge in [0, 0.05) is 21.8 Å². The third-order valence-corrected chi connectivity index (χ3v) is 4.85. The zero-order valence-corrected chi connectivity index (χ0v) is 12.7. The highest BCUT2D eigenvalue weighted by Gasteiger charge is 2.32. The van der Waals surface area contributed by atoms with Crippen molar-refractivity contribution in [3.8, 4) is 0 Å². The highest BCUT2D eigenvalue weighted by atomic mass is 32.1. The molecule has 1 atom stereocenters. The first-order valence-corrected chi connectivity index (χ1v) is 7.76. The molecular formula is C14H21F3N2S. The minimum Gasteiger partial charge on any atom is -0.307 e. The van der Waals surface area contributed by atoms with Crippen molar-refractivity contribution in [1.29, 1.82) is 0 Å². The van der Waals surface area contributed by atoms with Gasteiger partial charge in [-0.05, 0) is 51.9 Å². The van der Waals surface area contributed by atoms with Gasteiger partial charge in [0.1, 0.15) is 0 Å². The van der Waals surface area contributed by atoms with E-state index < -0.39 is 12.7 Å². The summed E-state index contributed by atoms with van der Waals surface area (Å²) in [5.41, 5.74) is 0. The molecule has 2 heterocycles. The Kier molecular flexibility index (Phi) is 5.09. The van der Waals surface area contributed by atoms with Crippen LogP contribution >= 0.6 is 11.3 Å². The molecule has 0 amide bonds. The third kappa shape index (κ3) is 4.75. The van der Waals surface area contributed by atoms with E-state index in [1.165, 1.54) is 14.7 Å². The molecule has 1 aliphatic rings. The number of halogens is 3. The lowest BCUT2D eigenvalue weighted by Gasteiger charge is -2.34. The molecule has 0 aliphatic carbocycles. The van der Waals surface area contributed by atoms with Crippen LogP contribution in [0.15, 0.2) is 12.1 Å². The molecule has 1 fully saturated rings. The average molecular weight is 306 g/mol. The Morgan fingerprint density at radius 2 is 2.00 bits per heavy atom. The molecular weight excluding hydrogens is 285 g/mol. The van der Waals surface area contributed by atoms with Gasteiger partial charge in [0.2, 0.25) is 0 Å². The van der Waals surface area contributed by atoms with Gasteiger partial charge < -0.3 is 5.32 Å². The lowest BCUT2D eigenvalue weighted by Crippen LogP contribution is -2.46. The van der Waals surface area contributed by atoms with E-state index in [1.807, 2.05) is 0 Å². The van der Waals surface area contributed by atoms with Crippen LogP contribution in [0.2, 0.25) is 0 Å². The minimum absolute atomic E-state index is 0.271. The van der Waals surface area contributed by atoms with Crippen molar-refractivity contribution >= 4 is 11.3 Å². The van der Waals surface area contributed by atoms with Gasteiger partial charge >= 0.3 is 6.18 Å². The van der Waals surface area contributed by atoms with Crippen LogP contribution in [-0.4, -0.2) is 36.8 Å². The molecule has 1 N–H and O–H groups in total. The summed E-state index contributed by atoms with van der Waals surface area (Å²) < 4.78 is 36.9. The maximum atomic E-state index is 12.3. The number of nitrogens with one attached hydrogen (secondary N) is 1. The Labute approximate surface area is 122 Å². The fraction of sp³-hybridized carbons (Fsp3) is 0.714. The molecule has 0 bridgehead atoms. The number of hydrogen-bond acceptors (Lipinski definition) is 3. The van der Waals surface area contributed by atoms with Crippen LogP contribution in [0.1, 0.15) is 35.6 Å². The van der Waals surface area contributed by atoms with Gasteiger partial charge in [-0.2, -0.15) is 13.2 Å². The predicted molar refractivity (Wildman–Crippen MR) is 76.1 cm³/mol. The standard InChI is InChI=1S/C14H21F3N2S/c1-10-3-4-13(20-10)11(2)18-12-5-7-19(8-6-12)9-14(15,16)17/h3-4,11-12,18H,5-9H2,1-2H3. The molecule has 0 saturated carbocycles. The van der Waals surface area contributed by atoms with Gasteiger partial charge in [-0.15, -0.1) is 11.3 Å². The van der Waals surface area contributed by atoms with E-state index in [1.54, 1.807) is 11.3 Å². The first kappa shape index (κ1) is 15.8. The SMILES string of the molecule is Cc1ccc(C(C)NC2CCN(CC(F)(F)F)CC2)s1. The van der Waals surface area contributed by atoms with E-state index >= 15 is 0 Å². The van der Waals surface area contributed by atoms with Gasteiger partial charge in [0.15, 0.2) is 0 Å². The summed E-state index contributed by atoms with van der Waals surface area (Å²) in [4.78, 5) is 4.08. The fourth-order valence-electron chi connectivity index (χ4n) is 2.63. The second kappa shape index (κ2) is 6.45. The lowest BCUT2D eigenvalue weighted by molar-refractivity contribution is -0.148. The predicted octanol–water partition coefficient (Wildman–Crippen LogP) is 3.73. The molecule has 2 rings (SSSR count). The summed E-state index contributed by atoms with van der Waals surface area (Å²) in [6.45, 7) is 4.46. The van der Waals surface area contributed by atoms with Crippen LogP contribution in [0.5, 0.6) is 0 Å². The Morgan fingerprint density at radius 1 is 1.35 bits per heavy atom. The van der Waals surface area contributed by atoms with Gasteiger partial charge in [0.25, 0.3) is 0 Å². The molecule has 1 unspecified atom stereocenters. The Bertz CT molecular complexity index is 422. The molecule has 114 valence electrons. The number of piperidine rings is 1.